The summed E-state index contributed by atoms with van der Waals surface area (Å²) in [6.07, 6.45) is 1.74. The maximum atomic E-state index is 13.6. The van der Waals surface area contributed by atoms with Gasteiger partial charge in [0.15, 0.2) is 0 Å². The van der Waals surface area contributed by atoms with Crippen molar-refractivity contribution < 1.29 is 9.13 Å². The fraction of sp³-hybridized carbons (Fsp3) is 0.500. The first-order chi connectivity index (χ1) is 9.55. The van der Waals surface area contributed by atoms with Gasteiger partial charge in [-0.15, -0.1) is 11.6 Å². The molecule has 0 radical (unpaired) electrons. The van der Waals surface area contributed by atoms with Crippen molar-refractivity contribution in [1.29, 1.82) is 0 Å². The molecule has 1 aromatic carbocycles. The Bertz CT molecular complexity index is 650. The normalized spacial score (nSPS) is 18.6. The van der Waals surface area contributed by atoms with Crippen LogP contribution < -0.4 is 0 Å². The summed E-state index contributed by atoms with van der Waals surface area (Å²) in [6.45, 7) is 3.56. The number of rotatable bonds is 2. The Balaban J connectivity index is 2.24. The molecular weight excluding hydrogens is 302 g/mol. The molecule has 6 heteroatoms. The van der Waals surface area contributed by atoms with Crippen molar-refractivity contribution in [2.45, 2.75) is 31.2 Å². The molecule has 3 nitrogen and oxygen atoms in total. The van der Waals surface area contributed by atoms with E-state index in [0.717, 1.165) is 24.2 Å². The molecule has 0 spiro atoms. The lowest BCUT2D eigenvalue weighted by molar-refractivity contribution is 0.0303. The summed E-state index contributed by atoms with van der Waals surface area (Å²) in [4.78, 5) is 4.45. The van der Waals surface area contributed by atoms with E-state index < -0.39 is 5.82 Å². The van der Waals surface area contributed by atoms with Gasteiger partial charge in [0.1, 0.15) is 11.6 Å². The van der Waals surface area contributed by atoms with Crippen LogP contribution >= 0.6 is 23.2 Å². The van der Waals surface area contributed by atoms with E-state index in [4.69, 9.17) is 27.9 Å². The van der Waals surface area contributed by atoms with Gasteiger partial charge in [-0.2, -0.15) is 0 Å². The zero-order valence-corrected chi connectivity index (χ0v) is 12.6. The van der Waals surface area contributed by atoms with Gasteiger partial charge in [-0.3, -0.25) is 0 Å². The van der Waals surface area contributed by atoms with Crippen LogP contribution in [0.1, 0.15) is 25.6 Å². The van der Waals surface area contributed by atoms with Gasteiger partial charge in [0.2, 0.25) is 0 Å². The first-order valence-corrected chi connectivity index (χ1v) is 7.47. The lowest BCUT2D eigenvalue weighted by atomic mass is 9.91. The van der Waals surface area contributed by atoms with Gasteiger partial charge in [0, 0.05) is 24.8 Å². The van der Waals surface area contributed by atoms with Crippen LogP contribution in [0.4, 0.5) is 4.39 Å². The minimum Gasteiger partial charge on any atom is -0.381 e. The Morgan fingerprint density at radius 3 is 2.75 bits per heavy atom. The van der Waals surface area contributed by atoms with Crippen molar-refractivity contribution >= 4 is 34.2 Å². The molecule has 1 fully saturated rings. The van der Waals surface area contributed by atoms with Crippen LogP contribution in [0.5, 0.6) is 0 Å². The van der Waals surface area contributed by atoms with Gasteiger partial charge in [-0.1, -0.05) is 11.6 Å². The standard InChI is InChI=1S/C14H15Cl2FN2O/c1-14(2-4-20-5-3-14)19-12-6-9(16)10(17)7-11(12)18-13(19)8-15/h6-7H,2-5,8H2,1H3. The predicted octanol–water partition coefficient (Wildman–Crippen LogP) is 4.09. The van der Waals surface area contributed by atoms with Gasteiger partial charge in [-0.25, -0.2) is 9.37 Å². The molecule has 2 aromatic rings. The van der Waals surface area contributed by atoms with Gasteiger partial charge >= 0.3 is 0 Å². The van der Waals surface area contributed by atoms with Crippen LogP contribution in [0, 0.1) is 5.82 Å². The Morgan fingerprint density at radius 1 is 1.40 bits per heavy atom. The fourth-order valence-corrected chi connectivity index (χ4v) is 3.19. The van der Waals surface area contributed by atoms with Crippen molar-refractivity contribution in [2.24, 2.45) is 0 Å². The van der Waals surface area contributed by atoms with Gasteiger partial charge in [0.05, 0.1) is 21.9 Å². The molecule has 0 bridgehead atoms. The number of aromatic nitrogens is 2. The molecule has 0 amide bonds. The summed E-state index contributed by atoms with van der Waals surface area (Å²) < 4.78 is 21.1. The second-order valence-electron chi connectivity index (χ2n) is 5.36. The van der Waals surface area contributed by atoms with Crippen molar-refractivity contribution in [3.63, 3.8) is 0 Å². The van der Waals surface area contributed by atoms with Crippen LogP contribution in [-0.4, -0.2) is 22.8 Å². The van der Waals surface area contributed by atoms with Gasteiger partial charge < -0.3 is 9.30 Å². The summed E-state index contributed by atoms with van der Waals surface area (Å²) in [6, 6.07) is 3.00. The molecular formula is C14H15Cl2FN2O. The summed E-state index contributed by atoms with van der Waals surface area (Å²) in [5, 5.41) is 0.107. The zero-order valence-electron chi connectivity index (χ0n) is 11.1. The fourth-order valence-electron chi connectivity index (χ4n) is 2.85. The van der Waals surface area contributed by atoms with Crippen molar-refractivity contribution in [1.82, 2.24) is 9.55 Å². The third-order valence-electron chi connectivity index (χ3n) is 4.00. The molecule has 0 unspecified atom stereocenters. The van der Waals surface area contributed by atoms with Crippen LogP contribution in [0.3, 0.4) is 0 Å². The lowest BCUT2D eigenvalue weighted by Crippen LogP contribution is -2.37. The van der Waals surface area contributed by atoms with Crippen molar-refractivity contribution in [3.8, 4) is 0 Å². The molecule has 0 N–H and O–H groups in total. The van der Waals surface area contributed by atoms with Gasteiger partial charge in [-0.05, 0) is 25.8 Å². The minimum atomic E-state index is -0.456. The molecule has 1 saturated heterocycles. The summed E-state index contributed by atoms with van der Waals surface area (Å²) in [7, 11) is 0. The topological polar surface area (TPSA) is 27.1 Å². The molecule has 3 rings (SSSR count). The van der Waals surface area contributed by atoms with E-state index in [9.17, 15) is 4.39 Å². The van der Waals surface area contributed by atoms with Crippen LogP contribution in [0.2, 0.25) is 5.02 Å². The maximum Gasteiger partial charge on any atom is 0.144 e. The van der Waals surface area contributed by atoms with E-state index in [2.05, 4.69) is 16.5 Å². The highest BCUT2D eigenvalue weighted by Crippen LogP contribution is 2.35. The first-order valence-electron chi connectivity index (χ1n) is 6.56. The summed E-state index contributed by atoms with van der Waals surface area (Å²) >= 11 is 11.9. The van der Waals surface area contributed by atoms with Crippen LogP contribution in [0.25, 0.3) is 11.0 Å². The molecule has 0 atom stereocenters. The number of ether oxygens (including phenoxy) is 1. The Morgan fingerprint density at radius 2 is 2.10 bits per heavy atom. The zero-order chi connectivity index (χ0) is 14.3. The highest BCUT2D eigenvalue weighted by molar-refractivity contribution is 6.31. The van der Waals surface area contributed by atoms with Crippen LogP contribution in [0.15, 0.2) is 12.1 Å². The largest absolute Gasteiger partial charge is 0.381 e. The lowest BCUT2D eigenvalue weighted by Gasteiger charge is -2.36. The number of benzene rings is 1. The van der Waals surface area contributed by atoms with Crippen molar-refractivity contribution in [3.05, 3.63) is 28.8 Å². The Labute approximate surface area is 126 Å². The molecule has 1 aliphatic heterocycles. The number of hydrogen-bond donors (Lipinski definition) is 0. The average molecular weight is 317 g/mol. The number of halogens is 3. The number of fused-ring (bicyclic) bond motifs is 1. The van der Waals surface area contributed by atoms with Gasteiger partial charge in [0.25, 0.3) is 0 Å². The van der Waals surface area contributed by atoms with Crippen LogP contribution in [-0.2, 0) is 16.2 Å². The molecule has 20 heavy (non-hydrogen) atoms. The summed E-state index contributed by atoms with van der Waals surface area (Å²) in [5.41, 5.74) is 1.30. The SMILES string of the molecule is CC1(n2c(CCl)nc3cc(F)c(Cl)cc32)CCOCC1. The molecule has 0 aliphatic carbocycles. The third kappa shape index (κ3) is 2.20. The highest BCUT2D eigenvalue weighted by Gasteiger charge is 2.33. The van der Waals surface area contributed by atoms with Crippen molar-refractivity contribution in [2.75, 3.05) is 13.2 Å². The highest BCUT2D eigenvalue weighted by atomic mass is 35.5. The third-order valence-corrected chi connectivity index (χ3v) is 4.52. The molecule has 1 aromatic heterocycles. The Kier molecular flexibility index (Phi) is 3.65. The number of hydrogen-bond acceptors (Lipinski definition) is 2. The molecule has 1 aliphatic rings. The van der Waals surface area contributed by atoms with E-state index in [1.54, 1.807) is 6.07 Å². The quantitative estimate of drug-likeness (QED) is 0.780. The number of imidazole rings is 1. The van der Waals surface area contributed by atoms with E-state index in [1.165, 1.54) is 6.07 Å². The van der Waals surface area contributed by atoms with E-state index in [1.807, 2.05) is 0 Å². The molecule has 2 heterocycles. The average Bonchev–Trinajstić information content (AvgIpc) is 2.78. The number of nitrogens with zero attached hydrogens (tertiary/aromatic N) is 2. The smallest absolute Gasteiger partial charge is 0.144 e. The second kappa shape index (κ2) is 5.17. The van der Waals surface area contributed by atoms with E-state index in [0.29, 0.717) is 18.7 Å². The minimum absolute atomic E-state index is 0.107. The van der Waals surface area contributed by atoms with E-state index >= 15 is 0 Å². The molecule has 0 saturated carbocycles. The van der Waals surface area contributed by atoms with E-state index in [-0.39, 0.29) is 16.4 Å². The summed E-state index contributed by atoms with van der Waals surface area (Å²) in [5.74, 6) is 0.569. The molecule has 108 valence electrons. The Hall–Kier alpha value is -0.840. The number of alkyl halides is 1. The maximum absolute atomic E-state index is 13.6. The predicted molar refractivity (Wildman–Crippen MR) is 78.0 cm³/mol. The second-order valence-corrected chi connectivity index (χ2v) is 6.04. The first kappa shape index (κ1) is 14.1. The monoisotopic (exact) mass is 316 g/mol.